The topological polar surface area (TPSA) is 46.9 Å². The van der Waals surface area contributed by atoms with E-state index >= 15 is 0 Å². The highest BCUT2D eigenvalue weighted by Crippen LogP contribution is 2.36. The molecule has 4 nitrogen and oxygen atoms in total. The molecule has 0 saturated heterocycles. The van der Waals surface area contributed by atoms with Gasteiger partial charge in [0.15, 0.2) is 0 Å². The molecular weight excluding hydrogens is 238 g/mol. The number of halogens is 1. The molecule has 1 aromatic rings. The van der Waals surface area contributed by atoms with E-state index in [0.717, 1.165) is 12.5 Å². The molecule has 1 saturated carbocycles. The van der Waals surface area contributed by atoms with Crippen molar-refractivity contribution in [3.63, 3.8) is 0 Å². The number of aromatic nitrogens is 2. The van der Waals surface area contributed by atoms with Gasteiger partial charge >= 0.3 is 0 Å². The lowest BCUT2D eigenvalue weighted by molar-refractivity contribution is 0.536. The maximum Gasteiger partial charge on any atom is 0.287 e. The van der Waals surface area contributed by atoms with E-state index in [1.807, 2.05) is 6.92 Å². The minimum Gasteiger partial charge on any atom is -0.382 e. The summed E-state index contributed by atoms with van der Waals surface area (Å²) in [4.78, 5) is 11.7. The van der Waals surface area contributed by atoms with Crippen LogP contribution in [0.25, 0.3) is 0 Å². The molecule has 17 heavy (non-hydrogen) atoms. The van der Waals surface area contributed by atoms with Gasteiger partial charge in [-0.15, -0.1) is 0 Å². The van der Waals surface area contributed by atoms with Gasteiger partial charge in [0.05, 0.1) is 11.9 Å². The molecule has 1 aliphatic carbocycles. The Hall–Kier alpha value is -1.03. The molecule has 0 aliphatic heterocycles. The second-order valence-corrected chi connectivity index (χ2v) is 5.07. The van der Waals surface area contributed by atoms with Crippen LogP contribution in [0.4, 0.5) is 5.69 Å². The van der Waals surface area contributed by atoms with E-state index in [1.165, 1.54) is 17.5 Å². The van der Waals surface area contributed by atoms with Gasteiger partial charge in [0, 0.05) is 13.1 Å². The SMILES string of the molecule is CCn1ncc(NCC(C)C2CC2)c(Cl)c1=O. The van der Waals surface area contributed by atoms with Gasteiger partial charge in [-0.3, -0.25) is 4.79 Å². The standard InChI is InChI=1S/C12H18ClN3O/c1-3-16-12(17)11(13)10(7-15-16)14-6-8(2)9-4-5-9/h7-9,14H,3-6H2,1-2H3. The van der Waals surface area contributed by atoms with Gasteiger partial charge in [0.1, 0.15) is 5.02 Å². The molecular formula is C12H18ClN3O. The van der Waals surface area contributed by atoms with Crippen molar-refractivity contribution in [2.24, 2.45) is 11.8 Å². The van der Waals surface area contributed by atoms with Crippen LogP contribution in [0.2, 0.25) is 5.02 Å². The molecule has 94 valence electrons. The number of nitrogens with zero attached hydrogens (tertiary/aromatic N) is 2. The number of anilines is 1. The molecule has 1 N–H and O–H groups in total. The van der Waals surface area contributed by atoms with Crippen molar-refractivity contribution in [2.45, 2.75) is 33.2 Å². The first-order valence-electron chi connectivity index (χ1n) is 6.13. The maximum absolute atomic E-state index is 11.7. The molecule has 1 fully saturated rings. The van der Waals surface area contributed by atoms with E-state index in [9.17, 15) is 4.79 Å². The Morgan fingerprint density at radius 2 is 2.35 bits per heavy atom. The lowest BCUT2D eigenvalue weighted by Crippen LogP contribution is -2.24. The predicted octanol–water partition coefficient (Wildman–Crippen LogP) is 2.37. The first-order chi connectivity index (χ1) is 8.13. The van der Waals surface area contributed by atoms with Gasteiger partial charge < -0.3 is 5.32 Å². The van der Waals surface area contributed by atoms with Gasteiger partial charge in [-0.25, -0.2) is 4.68 Å². The Morgan fingerprint density at radius 3 is 2.94 bits per heavy atom. The highest BCUT2D eigenvalue weighted by atomic mass is 35.5. The zero-order valence-electron chi connectivity index (χ0n) is 10.2. The summed E-state index contributed by atoms with van der Waals surface area (Å²) in [6.07, 6.45) is 4.28. The maximum atomic E-state index is 11.7. The van der Waals surface area contributed by atoms with E-state index < -0.39 is 0 Å². The third-order valence-electron chi connectivity index (χ3n) is 3.33. The molecule has 1 heterocycles. The molecule has 2 rings (SSSR count). The monoisotopic (exact) mass is 255 g/mol. The molecule has 0 radical (unpaired) electrons. The summed E-state index contributed by atoms with van der Waals surface area (Å²) in [6, 6.07) is 0. The van der Waals surface area contributed by atoms with Gasteiger partial charge in [-0.2, -0.15) is 5.10 Å². The van der Waals surface area contributed by atoms with E-state index in [-0.39, 0.29) is 10.6 Å². The Balaban J connectivity index is 2.05. The highest BCUT2D eigenvalue weighted by molar-refractivity contribution is 6.32. The van der Waals surface area contributed by atoms with Gasteiger partial charge in [-0.1, -0.05) is 18.5 Å². The Labute approximate surface area is 106 Å². The Kier molecular flexibility index (Phi) is 3.72. The molecule has 0 bridgehead atoms. The van der Waals surface area contributed by atoms with Crippen LogP contribution >= 0.6 is 11.6 Å². The summed E-state index contributed by atoms with van der Waals surface area (Å²) in [5, 5.41) is 7.51. The molecule has 5 heteroatoms. The van der Waals surface area contributed by atoms with Crippen molar-refractivity contribution in [1.82, 2.24) is 9.78 Å². The summed E-state index contributed by atoms with van der Waals surface area (Å²) in [7, 11) is 0. The van der Waals surface area contributed by atoms with Crippen molar-refractivity contribution in [3.8, 4) is 0 Å². The lowest BCUT2D eigenvalue weighted by atomic mass is 10.1. The first-order valence-corrected chi connectivity index (χ1v) is 6.50. The number of aryl methyl sites for hydroxylation is 1. The van der Waals surface area contributed by atoms with Crippen LogP contribution in [0.3, 0.4) is 0 Å². The average Bonchev–Trinajstić information content (AvgIpc) is 3.15. The highest BCUT2D eigenvalue weighted by Gasteiger charge is 2.27. The molecule has 1 aliphatic rings. The first kappa shape index (κ1) is 12.4. The fourth-order valence-corrected chi connectivity index (χ4v) is 2.13. The van der Waals surface area contributed by atoms with Crippen molar-refractivity contribution in [3.05, 3.63) is 21.6 Å². The van der Waals surface area contributed by atoms with Crippen LogP contribution in [-0.2, 0) is 6.54 Å². The third-order valence-corrected chi connectivity index (χ3v) is 3.69. The van der Waals surface area contributed by atoms with Crippen LogP contribution in [0.1, 0.15) is 26.7 Å². The van der Waals surface area contributed by atoms with E-state index in [0.29, 0.717) is 18.2 Å². The summed E-state index contributed by atoms with van der Waals surface area (Å²) in [5.41, 5.74) is 0.423. The fraction of sp³-hybridized carbons (Fsp3) is 0.667. The minimum absolute atomic E-state index is 0.224. The van der Waals surface area contributed by atoms with Crippen molar-refractivity contribution in [1.29, 1.82) is 0 Å². The van der Waals surface area contributed by atoms with Crippen molar-refractivity contribution in [2.75, 3.05) is 11.9 Å². The summed E-state index contributed by atoms with van der Waals surface area (Å²) < 4.78 is 1.36. The lowest BCUT2D eigenvalue weighted by Gasteiger charge is -2.13. The molecule has 0 amide bonds. The predicted molar refractivity (Wildman–Crippen MR) is 69.6 cm³/mol. The number of hydrogen-bond acceptors (Lipinski definition) is 3. The number of hydrogen-bond donors (Lipinski definition) is 1. The van der Waals surface area contributed by atoms with Gasteiger partial charge in [0.25, 0.3) is 5.56 Å². The zero-order chi connectivity index (χ0) is 12.4. The third kappa shape index (κ3) is 2.80. The quantitative estimate of drug-likeness (QED) is 0.879. The second-order valence-electron chi connectivity index (χ2n) is 4.69. The van der Waals surface area contributed by atoms with E-state index in [1.54, 1.807) is 6.20 Å². The second kappa shape index (κ2) is 5.08. The minimum atomic E-state index is -0.224. The van der Waals surface area contributed by atoms with E-state index in [4.69, 9.17) is 11.6 Å². The van der Waals surface area contributed by atoms with Crippen LogP contribution < -0.4 is 10.9 Å². The molecule has 1 aromatic heterocycles. The summed E-state index contributed by atoms with van der Waals surface area (Å²) >= 11 is 6.02. The fourth-order valence-electron chi connectivity index (χ4n) is 1.92. The molecule has 0 aromatic carbocycles. The smallest absolute Gasteiger partial charge is 0.287 e. The Bertz CT molecular complexity index is 454. The van der Waals surface area contributed by atoms with Crippen molar-refractivity contribution < 1.29 is 0 Å². The van der Waals surface area contributed by atoms with Gasteiger partial charge in [0.2, 0.25) is 0 Å². The van der Waals surface area contributed by atoms with Gasteiger partial charge in [-0.05, 0) is 31.6 Å². The zero-order valence-corrected chi connectivity index (χ0v) is 11.0. The van der Waals surface area contributed by atoms with Crippen molar-refractivity contribution >= 4 is 17.3 Å². The molecule has 1 unspecified atom stereocenters. The molecule has 0 spiro atoms. The largest absolute Gasteiger partial charge is 0.382 e. The normalized spacial score (nSPS) is 16.9. The number of nitrogens with one attached hydrogen (secondary N) is 1. The van der Waals surface area contributed by atoms with Crippen LogP contribution in [0.5, 0.6) is 0 Å². The van der Waals surface area contributed by atoms with Crippen LogP contribution in [-0.4, -0.2) is 16.3 Å². The Morgan fingerprint density at radius 1 is 1.65 bits per heavy atom. The van der Waals surface area contributed by atoms with Crippen LogP contribution in [0, 0.1) is 11.8 Å². The summed E-state index contributed by atoms with van der Waals surface area (Å²) in [5.74, 6) is 1.46. The van der Waals surface area contributed by atoms with E-state index in [2.05, 4.69) is 17.3 Å². The number of rotatable bonds is 5. The average molecular weight is 256 g/mol. The molecule has 1 atom stereocenters. The van der Waals surface area contributed by atoms with Crippen LogP contribution in [0.15, 0.2) is 11.0 Å². The summed E-state index contributed by atoms with van der Waals surface area (Å²) in [6.45, 7) is 5.48.